The number of fused-ring (bicyclic) bond motifs is 1. The highest BCUT2D eigenvalue weighted by molar-refractivity contribution is 4.99. The Hall–Kier alpha value is -0.0800. The third-order valence-electron chi connectivity index (χ3n) is 3.72. The minimum atomic E-state index is 0.769. The quantitative estimate of drug-likeness (QED) is 0.658. The molecule has 2 aliphatic rings. The average Bonchev–Trinajstić information content (AvgIpc) is 2.39. The van der Waals surface area contributed by atoms with Crippen LogP contribution in [0.4, 0.5) is 0 Å². The number of hydrogen-bond acceptors (Lipinski definition) is 2. The summed E-state index contributed by atoms with van der Waals surface area (Å²) >= 11 is 0. The Kier molecular flexibility index (Phi) is 2.61. The maximum atomic E-state index is 3.70. The van der Waals surface area contributed by atoms with E-state index in [9.17, 15) is 0 Å². The molecule has 0 aromatic carbocycles. The van der Waals surface area contributed by atoms with Crippen molar-refractivity contribution < 1.29 is 0 Å². The van der Waals surface area contributed by atoms with Gasteiger partial charge in [0.05, 0.1) is 0 Å². The van der Waals surface area contributed by atoms with Gasteiger partial charge in [0.25, 0.3) is 0 Å². The number of rotatable bonds is 1. The normalized spacial score (nSPS) is 41.1. The monoisotopic (exact) mass is 182 g/mol. The topological polar surface area (TPSA) is 15.3 Å². The van der Waals surface area contributed by atoms with E-state index in [2.05, 4.69) is 31.1 Å². The van der Waals surface area contributed by atoms with Gasteiger partial charge in [-0.1, -0.05) is 13.8 Å². The Labute approximate surface area is 81.7 Å². The molecule has 3 atom stereocenters. The molecule has 2 aliphatic heterocycles. The first-order chi connectivity index (χ1) is 6.20. The van der Waals surface area contributed by atoms with E-state index in [4.69, 9.17) is 0 Å². The first-order valence-electron chi connectivity index (χ1n) is 5.64. The molecule has 3 unspecified atom stereocenters. The molecule has 0 aromatic rings. The van der Waals surface area contributed by atoms with Gasteiger partial charge in [-0.15, -0.1) is 0 Å². The maximum absolute atomic E-state index is 3.70. The Bertz CT molecular complexity index is 179. The van der Waals surface area contributed by atoms with Crippen LogP contribution < -0.4 is 5.32 Å². The summed E-state index contributed by atoms with van der Waals surface area (Å²) in [5, 5.41) is 3.70. The maximum Gasteiger partial charge on any atom is 0.0272 e. The van der Waals surface area contributed by atoms with Crippen LogP contribution in [0.25, 0.3) is 0 Å². The summed E-state index contributed by atoms with van der Waals surface area (Å²) < 4.78 is 0. The molecule has 2 saturated heterocycles. The van der Waals surface area contributed by atoms with Crippen LogP contribution in [-0.4, -0.2) is 37.1 Å². The van der Waals surface area contributed by atoms with Crippen LogP contribution in [0.2, 0.25) is 0 Å². The van der Waals surface area contributed by atoms with Crippen molar-refractivity contribution in [1.82, 2.24) is 10.2 Å². The smallest absolute Gasteiger partial charge is 0.0272 e. The Morgan fingerprint density at radius 2 is 2.15 bits per heavy atom. The average molecular weight is 182 g/mol. The molecule has 1 N–H and O–H groups in total. The minimum Gasteiger partial charge on any atom is -0.312 e. The fourth-order valence-electron chi connectivity index (χ4n) is 3.27. The van der Waals surface area contributed by atoms with Crippen molar-refractivity contribution in [3.63, 3.8) is 0 Å². The van der Waals surface area contributed by atoms with Crippen molar-refractivity contribution in [1.29, 1.82) is 0 Å². The molecule has 0 radical (unpaired) electrons. The van der Waals surface area contributed by atoms with E-state index in [1.54, 1.807) is 0 Å². The number of nitrogens with zero attached hydrogens (tertiary/aromatic N) is 1. The summed E-state index contributed by atoms with van der Waals surface area (Å²) in [4.78, 5) is 2.55. The molecule has 2 nitrogen and oxygen atoms in total. The van der Waals surface area contributed by atoms with Crippen molar-refractivity contribution in [2.24, 2.45) is 11.8 Å². The summed E-state index contributed by atoms with van der Waals surface area (Å²) in [5.74, 6) is 1.71. The van der Waals surface area contributed by atoms with Gasteiger partial charge in [-0.2, -0.15) is 0 Å². The number of nitrogens with one attached hydrogen (secondary N) is 1. The van der Waals surface area contributed by atoms with Gasteiger partial charge < -0.3 is 10.2 Å². The number of hydrogen-bond donors (Lipinski definition) is 1. The van der Waals surface area contributed by atoms with Crippen LogP contribution >= 0.6 is 0 Å². The highest BCUT2D eigenvalue weighted by Gasteiger charge is 2.41. The molecular formula is C11H22N2. The first-order valence-corrected chi connectivity index (χ1v) is 5.64. The van der Waals surface area contributed by atoms with E-state index in [1.807, 2.05) is 0 Å². The Morgan fingerprint density at radius 1 is 1.38 bits per heavy atom. The van der Waals surface area contributed by atoms with E-state index in [0.29, 0.717) is 0 Å². The van der Waals surface area contributed by atoms with Crippen molar-refractivity contribution in [3.8, 4) is 0 Å². The molecule has 2 heteroatoms. The van der Waals surface area contributed by atoms with Gasteiger partial charge in [-0.25, -0.2) is 0 Å². The molecule has 2 rings (SSSR count). The lowest BCUT2D eigenvalue weighted by Crippen LogP contribution is -2.48. The molecular weight excluding hydrogens is 160 g/mol. The molecule has 2 heterocycles. The predicted molar refractivity (Wildman–Crippen MR) is 55.8 cm³/mol. The third kappa shape index (κ3) is 1.62. The van der Waals surface area contributed by atoms with Gasteiger partial charge in [-0.3, -0.25) is 0 Å². The van der Waals surface area contributed by atoms with Gasteiger partial charge >= 0.3 is 0 Å². The van der Waals surface area contributed by atoms with E-state index < -0.39 is 0 Å². The zero-order chi connectivity index (χ0) is 9.42. The molecule has 2 fully saturated rings. The molecule has 0 bridgehead atoms. The number of piperidine rings is 1. The molecule has 0 amide bonds. The highest BCUT2D eigenvalue weighted by Crippen LogP contribution is 2.32. The van der Waals surface area contributed by atoms with Crippen LogP contribution in [0.1, 0.15) is 26.7 Å². The standard InChI is InChI=1S/C11H22N2/c1-8(2)11-10-9(7-13(11)3)5-4-6-12-10/h8-12H,4-7H2,1-3H3. The lowest BCUT2D eigenvalue weighted by Gasteiger charge is -2.33. The van der Waals surface area contributed by atoms with E-state index in [1.165, 1.54) is 25.9 Å². The minimum absolute atomic E-state index is 0.769. The number of likely N-dealkylation sites (tertiary alicyclic amines) is 1. The predicted octanol–water partition coefficient (Wildman–Crippen LogP) is 1.32. The first kappa shape index (κ1) is 9.47. The van der Waals surface area contributed by atoms with Gasteiger partial charge in [0.15, 0.2) is 0 Å². The second kappa shape index (κ2) is 3.58. The Morgan fingerprint density at radius 3 is 2.85 bits per heavy atom. The van der Waals surface area contributed by atoms with Crippen LogP contribution in [0.15, 0.2) is 0 Å². The molecule has 0 spiro atoms. The van der Waals surface area contributed by atoms with Crippen molar-refractivity contribution in [2.75, 3.05) is 20.1 Å². The van der Waals surface area contributed by atoms with Gasteiger partial charge in [-0.05, 0) is 38.3 Å². The zero-order valence-electron chi connectivity index (χ0n) is 9.09. The lowest BCUT2D eigenvalue weighted by atomic mass is 9.86. The van der Waals surface area contributed by atoms with Crippen molar-refractivity contribution >= 4 is 0 Å². The van der Waals surface area contributed by atoms with E-state index in [-0.39, 0.29) is 0 Å². The van der Waals surface area contributed by atoms with Crippen molar-refractivity contribution in [3.05, 3.63) is 0 Å². The molecule has 76 valence electrons. The summed E-state index contributed by atoms with van der Waals surface area (Å²) in [7, 11) is 2.28. The largest absolute Gasteiger partial charge is 0.312 e. The molecule has 0 aromatic heterocycles. The van der Waals surface area contributed by atoms with Gasteiger partial charge in [0.1, 0.15) is 0 Å². The van der Waals surface area contributed by atoms with Crippen LogP contribution in [0.3, 0.4) is 0 Å². The highest BCUT2D eigenvalue weighted by atomic mass is 15.2. The van der Waals surface area contributed by atoms with Gasteiger partial charge in [0.2, 0.25) is 0 Å². The zero-order valence-corrected chi connectivity index (χ0v) is 9.09. The van der Waals surface area contributed by atoms with Crippen LogP contribution in [-0.2, 0) is 0 Å². The van der Waals surface area contributed by atoms with E-state index >= 15 is 0 Å². The molecule has 0 saturated carbocycles. The van der Waals surface area contributed by atoms with Gasteiger partial charge in [0, 0.05) is 18.6 Å². The molecule has 13 heavy (non-hydrogen) atoms. The summed E-state index contributed by atoms with van der Waals surface area (Å²) in [6.07, 6.45) is 2.81. The second-order valence-electron chi connectivity index (χ2n) is 5.06. The number of likely N-dealkylation sites (N-methyl/N-ethyl adjacent to an activating group) is 1. The third-order valence-corrected chi connectivity index (χ3v) is 3.72. The Balaban J connectivity index is 2.09. The van der Waals surface area contributed by atoms with Crippen LogP contribution in [0, 0.1) is 11.8 Å². The van der Waals surface area contributed by atoms with Crippen LogP contribution in [0.5, 0.6) is 0 Å². The second-order valence-corrected chi connectivity index (χ2v) is 5.06. The fraction of sp³-hybridized carbons (Fsp3) is 1.00. The molecule has 0 aliphatic carbocycles. The van der Waals surface area contributed by atoms with E-state index in [0.717, 1.165) is 23.9 Å². The summed E-state index contributed by atoms with van der Waals surface area (Å²) in [5.41, 5.74) is 0. The fourth-order valence-corrected chi connectivity index (χ4v) is 3.27. The SMILES string of the molecule is CC(C)C1C2NCCCC2CN1C. The lowest BCUT2D eigenvalue weighted by molar-refractivity contribution is 0.215. The summed E-state index contributed by atoms with van der Waals surface area (Å²) in [6.45, 7) is 7.23. The summed E-state index contributed by atoms with van der Waals surface area (Å²) in [6, 6.07) is 1.55. The van der Waals surface area contributed by atoms with Crippen molar-refractivity contribution in [2.45, 2.75) is 38.8 Å².